The van der Waals surface area contributed by atoms with Crippen LogP contribution in [0.3, 0.4) is 0 Å². The molecule has 0 bridgehead atoms. The monoisotopic (exact) mass is 502 g/mol. The summed E-state index contributed by atoms with van der Waals surface area (Å²) >= 11 is 3.41. The zero-order chi connectivity index (χ0) is 22.1. The zero-order valence-corrected chi connectivity index (χ0v) is 22.2. The standard InChI is InChI=1S/C25H44BrFO2Si/c1-4-7-8-9-10-11-12-13-14-15-16-17-18-21-28-30(5-2,6-3)29-25-20-19-23(27)22-24(25)26/h19-20,22H,4-18,21H2,1-3H3. The van der Waals surface area contributed by atoms with Crippen molar-refractivity contribution in [3.8, 4) is 5.75 Å². The quantitative estimate of drug-likeness (QED) is 0.138. The normalized spacial score (nSPS) is 11.8. The van der Waals surface area contributed by atoms with Crippen LogP contribution >= 0.6 is 15.9 Å². The minimum absolute atomic E-state index is 0.262. The Kier molecular flexibility index (Phi) is 15.8. The van der Waals surface area contributed by atoms with Crippen molar-refractivity contribution < 1.29 is 13.2 Å². The van der Waals surface area contributed by atoms with Crippen molar-refractivity contribution in [1.82, 2.24) is 0 Å². The first-order valence-corrected chi connectivity index (χ1v) is 15.4. The molecular weight excluding hydrogens is 459 g/mol. The van der Waals surface area contributed by atoms with Crippen LogP contribution in [0.4, 0.5) is 4.39 Å². The van der Waals surface area contributed by atoms with Gasteiger partial charge in [-0.2, -0.15) is 0 Å². The van der Waals surface area contributed by atoms with Crippen LogP contribution in [-0.2, 0) is 4.43 Å². The lowest BCUT2D eigenvalue weighted by molar-refractivity contribution is 0.230. The van der Waals surface area contributed by atoms with Gasteiger partial charge in [-0.15, -0.1) is 0 Å². The Morgan fingerprint density at radius 1 is 0.767 bits per heavy atom. The molecule has 0 spiro atoms. The topological polar surface area (TPSA) is 18.5 Å². The predicted molar refractivity (Wildman–Crippen MR) is 133 cm³/mol. The summed E-state index contributed by atoms with van der Waals surface area (Å²) in [7, 11) is -2.29. The fourth-order valence-corrected chi connectivity index (χ4v) is 6.70. The van der Waals surface area contributed by atoms with Gasteiger partial charge < -0.3 is 8.85 Å². The van der Waals surface area contributed by atoms with Crippen molar-refractivity contribution in [3.63, 3.8) is 0 Å². The Bertz CT molecular complexity index is 552. The Morgan fingerprint density at radius 3 is 1.73 bits per heavy atom. The van der Waals surface area contributed by atoms with E-state index in [0.717, 1.165) is 25.1 Å². The van der Waals surface area contributed by atoms with E-state index in [0.29, 0.717) is 10.2 Å². The SMILES string of the molecule is CCCCCCCCCCCCCCCO[Si](CC)(CC)Oc1ccc(F)cc1Br. The van der Waals surface area contributed by atoms with Crippen LogP contribution in [0.1, 0.15) is 104 Å². The summed E-state index contributed by atoms with van der Waals surface area (Å²) in [5.41, 5.74) is 0. The largest absolute Gasteiger partial charge is 0.519 e. The first-order chi connectivity index (χ1) is 14.6. The molecule has 0 aliphatic rings. The zero-order valence-electron chi connectivity index (χ0n) is 19.6. The maximum absolute atomic E-state index is 13.3. The van der Waals surface area contributed by atoms with Crippen LogP contribution in [0, 0.1) is 5.82 Å². The van der Waals surface area contributed by atoms with Crippen LogP contribution in [0.2, 0.25) is 12.1 Å². The molecule has 1 aromatic carbocycles. The molecule has 0 heterocycles. The average molecular weight is 504 g/mol. The molecule has 0 aromatic heterocycles. The van der Waals surface area contributed by atoms with Gasteiger partial charge in [0.25, 0.3) is 0 Å². The van der Waals surface area contributed by atoms with Gasteiger partial charge >= 0.3 is 8.56 Å². The summed E-state index contributed by atoms with van der Waals surface area (Å²) in [6, 6.07) is 6.38. The van der Waals surface area contributed by atoms with E-state index in [2.05, 4.69) is 36.7 Å². The molecule has 0 aliphatic carbocycles. The third kappa shape index (κ3) is 11.9. The van der Waals surface area contributed by atoms with E-state index in [9.17, 15) is 4.39 Å². The highest BCUT2D eigenvalue weighted by Gasteiger charge is 2.36. The van der Waals surface area contributed by atoms with Gasteiger partial charge in [0.15, 0.2) is 0 Å². The van der Waals surface area contributed by atoms with Crippen molar-refractivity contribution in [1.29, 1.82) is 0 Å². The molecule has 30 heavy (non-hydrogen) atoms. The Balaban J connectivity index is 2.13. The number of hydrogen-bond acceptors (Lipinski definition) is 2. The Labute approximate surface area is 194 Å². The van der Waals surface area contributed by atoms with E-state index in [1.165, 1.54) is 89.2 Å². The molecular formula is C25H44BrFO2Si. The van der Waals surface area contributed by atoms with Crippen LogP contribution in [0.25, 0.3) is 0 Å². The number of rotatable bonds is 19. The van der Waals surface area contributed by atoms with Gasteiger partial charge in [0.2, 0.25) is 0 Å². The molecule has 1 aromatic rings. The number of unbranched alkanes of at least 4 members (excludes halogenated alkanes) is 12. The Hall–Kier alpha value is -0.393. The van der Waals surface area contributed by atoms with Crippen molar-refractivity contribution in [2.24, 2.45) is 0 Å². The highest BCUT2D eigenvalue weighted by atomic mass is 79.9. The fraction of sp³-hybridized carbons (Fsp3) is 0.760. The summed E-state index contributed by atoms with van der Waals surface area (Å²) in [6.45, 7) is 7.32. The van der Waals surface area contributed by atoms with E-state index in [-0.39, 0.29) is 5.82 Å². The van der Waals surface area contributed by atoms with Crippen molar-refractivity contribution in [2.45, 2.75) is 116 Å². The van der Waals surface area contributed by atoms with Crippen LogP contribution in [0.5, 0.6) is 5.75 Å². The molecule has 0 radical (unpaired) electrons. The van der Waals surface area contributed by atoms with E-state index in [4.69, 9.17) is 8.85 Å². The van der Waals surface area contributed by atoms with Crippen LogP contribution in [-0.4, -0.2) is 15.2 Å². The fourth-order valence-electron chi connectivity index (χ4n) is 3.76. The summed E-state index contributed by atoms with van der Waals surface area (Å²) in [5.74, 6) is 0.430. The van der Waals surface area contributed by atoms with Crippen LogP contribution in [0.15, 0.2) is 22.7 Å². The Morgan fingerprint density at radius 2 is 1.27 bits per heavy atom. The first-order valence-electron chi connectivity index (χ1n) is 12.3. The summed E-state index contributed by atoms with van der Waals surface area (Å²) in [6.07, 6.45) is 17.6. The van der Waals surface area contributed by atoms with Gasteiger partial charge in [-0.1, -0.05) is 97.8 Å². The second-order valence-electron chi connectivity index (χ2n) is 8.39. The second kappa shape index (κ2) is 17.2. The summed E-state index contributed by atoms with van der Waals surface area (Å²) in [5, 5.41) is 0. The molecule has 174 valence electrons. The molecule has 0 atom stereocenters. The van der Waals surface area contributed by atoms with E-state index >= 15 is 0 Å². The maximum Gasteiger partial charge on any atom is 0.398 e. The lowest BCUT2D eigenvalue weighted by Crippen LogP contribution is -2.44. The van der Waals surface area contributed by atoms with Gasteiger partial charge in [-0.3, -0.25) is 0 Å². The average Bonchev–Trinajstić information content (AvgIpc) is 2.75. The molecule has 2 nitrogen and oxygen atoms in total. The van der Waals surface area contributed by atoms with E-state index in [1.807, 2.05) is 0 Å². The predicted octanol–water partition coefficient (Wildman–Crippen LogP) is 9.56. The van der Waals surface area contributed by atoms with Crippen molar-refractivity contribution in [3.05, 3.63) is 28.5 Å². The molecule has 0 saturated carbocycles. The van der Waals surface area contributed by atoms with Gasteiger partial charge in [-0.05, 0) is 52.6 Å². The first kappa shape index (κ1) is 27.6. The molecule has 5 heteroatoms. The second-order valence-corrected chi connectivity index (χ2v) is 13.0. The molecule has 0 fully saturated rings. The van der Waals surface area contributed by atoms with Gasteiger partial charge in [-0.25, -0.2) is 4.39 Å². The highest BCUT2D eigenvalue weighted by Crippen LogP contribution is 2.31. The summed E-state index contributed by atoms with van der Waals surface area (Å²) in [4.78, 5) is 0. The van der Waals surface area contributed by atoms with Crippen LogP contribution < -0.4 is 4.43 Å². The third-order valence-electron chi connectivity index (χ3n) is 5.88. The lowest BCUT2D eigenvalue weighted by atomic mass is 10.0. The van der Waals surface area contributed by atoms with Crippen molar-refractivity contribution in [2.75, 3.05) is 6.61 Å². The maximum atomic E-state index is 13.3. The molecule has 0 saturated heterocycles. The minimum atomic E-state index is -2.29. The summed E-state index contributed by atoms with van der Waals surface area (Å²) < 4.78 is 26.6. The van der Waals surface area contributed by atoms with E-state index in [1.54, 1.807) is 6.07 Å². The van der Waals surface area contributed by atoms with Gasteiger partial charge in [0.1, 0.15) is 11.6 Å². The minimum Gasteiger partial charge on any atom is -0.519 e. The molecule has 1 rings (SSSR count). The highest BCUT2D eigenvalue weighted by molar-refractivity contribution is 9.10. The smallest absolute Gasteiger partial charge is 0.398 e. The third-order valence-corrected chi connectivity index (χ3v) is 9.98. The molecule has 0 N–H and O–H groups in total. The number of benzene rings is 1. The van der Waals surface area contributed by atoms with Crippen molar-refractivity contribution >= 4 is 24.5 Å². The molecule has 0 unspecified atom stereocenters. The molecule has 0 aliphatic heterocycles. The van der Waals surface area contributed by atoms with E-state index < -0.39 is 8.56 Å². The lowest BCUT2D eigenvalue weighted by Gasteiger charge is -2.30. The van der Waals surface area contributed by atoms with Gasteiger partial charge in [0.05, 0.1) is 4.47 Å². The van der Waals surface area contributed by atoms with Gasteiger partial charge in [0, 0.05) is 6.61 Å². The molecule has 0 amide bonds. The number of hydrogen-bond donors (Lipinski definition) is 0. The number of halogens is 2.